The van der Waals surface area contributed by atoms with E-state index in [1.807, 2.05) is 12.1 Å². The lowest BCUT2D eigenvalue weighted by Gasteiger charge is -2.34. The largest absolute Gasteiger partial charge is 0.312 e. The Balaban J connectivity index is 1.76. The Hall–Kier alpha value is -0.570. The maximum Gasteiger partial charge on any atom is 0.0451 e. The highest BCUT2D eigenvalue weighted by Gasteiger charge is 2.21. The number of halogens is 1. The molecule has 0 unspecified atom stereocenters. The van der Waals surface area contributed by atoms with Gasteiger partial charge in [-0.1, -0.05) is 29.8 Å². The summed E-state index contributed by atoms with van der Waals surface area (Å²) < 4.78 is 0. The number of nitrogens with one attached hydrogen (secondary N) is 1. The van der Waals surface area contributed by atoms with Gasteiger partial charge in [0.05, 0.1) is 0 Å². The maximum atomic E-state index is 6.24. The molecule has 0 saturated carbocycles. The van der Waals surface area contributed by atoms with Gasteiger partial charge in [0.2, 0.25) is 0 Å². The molecule has 1 N–H and O–H groups in total. The second-order valence-electron chi connectivity index (χ2n) is 6.94. The summed E-state index contributed by atoms with van der Waals surface area (Å²) in [6.07, 6.45) is 2.57. The second kappa shape index (κ2) is 6.93. The molecule has 112 valence electrons. The molecule has 1 aliphatic heterocycles. The molecule has 2 nitrogen and oxygen atoms in total. The quantitative estimate of drug-likeness (QED) is 0.905. The predicted octanol–water partition coefficient (Wildman–Crippen LogP) is 3.94. The molecule has 0 aromatic heterocycles. The molecule has 0 spiro atoms. The Kier molecular flexibility index (Phi) is 5.48. The Bertz CT molecular complexity index is 417. The van der Waals surface area contributed by atoms with Gasteiger partial charge in [0.1, 0.15) is 0 Å². The van der Waals surface area contributed by atoms with Gasteiger partial charge in [0.15, 0.2) is 0 Å². The van der Waals surface area contributed by atoms with Crippen LogP contribution in [0.2, 0.25) is 5.02 Å². The summed E-state index contributed by atoms with van der Waals surface area (Å²) in [5.41, 5.74) is 1.48. The van der Waals surface area contributed by atoms with E-state index in [-0.39, 0.29) is 5.54 Å². The highest BCUT2D eigenvalue weighted by atomic mass is 35.5. The van der Waals surface area contributed by atoms with Crippen LogP contribution in [0.5, 0.6) is 0 Å². The van der Waals surface area contributed by atoms with E-state index in [1.165, 1.54) is 31.5 Å². The molecule has 1 heterocycles. The summed E-state index contributed by atoms with van der Waals surface area (Å²) in [5.74, 6) is 0.816. The number of hydrogen-bond donors (Lipinski definition) is 1. The van der Waals surface area contributed by atoms with Gasteiger partial charge in [-0.05, 0) is 70.8 Å². The number of rotatable bonds is 4. The van der Waals surface area contributed by atoms with Gasteiger partial charge < -0.3 is 5.32 Å². The number of likely N-dealkylation sites (tertiary alicyclic amines) is 1. The molecule has 1 aliphatic rings. The van der Waals surface area contributed by atoms with Crippen LogP contribution in [0, 0.1) is 5.92 Å². The van der Waals surface area contributed by atoms with E-state index in [2.05, 4.69) is 43.1 Å². The van der Waals surface area contributed by atoms with Crippen LogP contribution >= 0.6 is 11.6 Å². The predicted molar refractivity (Wildman–Crippen MR) is 87.2 cm³/mol. The first-order valence-electron chi connectivity index (χ1n) is 7.65. The summed E-state index contributed by atoms with van der Waals surface area (Å²) in [4.78, 5) is 2.52. The molecule has 0 amide bonds. The van der Waals surface area contributed by atoms with Crippen LogP contribution in [0.15, 0.2) is 24.3 Å². The highest BCUT2D eigenvalue weighted by Crippen LogP contribution is 2.22. The molecule has 3 heteroatoms. The molecule has 0 bridgehead atoms. The fraction of sp³-hybridized carbons (Fsp3) is 0.647. The number of nitrogens with zero attached hydrogens (tertiary/aromatic N) is 1. The average molecular weight is 295 g/mol. The molecule has 0 atom stereocenters. The molecule has 1 fully saturated rings. The third kappa shape index (κ3) is 5.08. The monoisotopic (exact) mass is 294 g/mol. The molecule has 0 aliphatic carbocycles. The SMILES string of the molecule is CC(C)(C)NCC1CCN(Cc2ccccc2Cl)CC1. The Labute approximate surface area is 128 Å². The van der Waals surface area contributed by atoms with Gasteiger partial charge in [-0.15, -0.1) is 0 Å². The van der Waals surface area contributed by atoms with Crippen LogP contribution in [0.4, 0.5) is 0 Å². The molecule has 2 rings (SSSR count). The second-order valence-corrected chi connectivity index (χ2v) is 7.35. The molecule has 1 saturated heterocycles. The van der Waals surface area contributed by atoms with E-state index in [4.69, 9.17) is 11.6 Å². The summed E-state index contributed by atoms with van der Waals surface area (Å²) in [6.45, 7) is 11.2. The minimum absolute atomic E-state index is 0.231. The van der Waals surface area contributed by atoms with E-state index >= 15 is 0 Å². The fourth-order valence-electron chi connectivity index (χ4n) is 2.67. The highest BCUT2D eigenvalue weighted by molar-refractivity contribution is 6.31. The van der Waals surface area contributed by atoms with Crippen molar-refractivity contribution in [1.82, 2.24) is 10.2 Å². The summed E-state index contributed by atoms with van der Waals surface area (Å²) in [6, 6.07) is 8.18. The maximum absolute atomic E-state index is 6.24. The fourth-order valence-corrected chi connectivity index (χ4v) is 2.86. The van der Waals surface area contributed by atoms with Gasteiger partial charge in [0, 0.05) is 17.1 Å². The van der Waals surface area contributed by atoms with E-state index in [0.717, 1.165) is 24.0 Å². The number of benzene rings is 1. The van der Waals surface area contributed by atoms with Crippen LogP contribution in [0.3, 0.4) is 0 Å². The standard InChI is InChI=1S/C17H27ClN2/c1-17(2,3)19-12-14-8-10-20(11-9-14)13-15-6-4-5-7-16(15)18/h4-7,14,19H,8-13H2,1-3H3. The third-order valence-corrected chi connectivity index (χ3v) is 4.35. The van der Waals surface area contributed by atoms with Crippen molar-refractivity contribution in [3.63, 3.8) is 0 Å². The number of piperidine rings is 1. The van der Waals surface area contributed by atoms with E-state index in [1.54, 1.807) is 0 Å². The average Bonchev–Trinajstić information content (AvgIpc) is 2.40. The van der Waals surface area contributed by atoms with Gasteiger partial charge in [-0.25, -0.2) is 0 Å². The lowest BCUT2D eigenvalue weighted by Crippen LogP contribution is -2.42. The van der Waals surface area contributed by atoms with Crippen molar-refractivity contribution in [2.24, 2.45) is 5.92 Å². The topological polar surface area (TPSA) is 15.3 Å². The van der Waals surface area contributed by atoms with Crippen LogP contribution in [0.1, 0.15) is 39.2 Å². The van der Waals surface area contributed by atoms with Crippen LogP contribution < -0.4 is 5.32 Å². The zero-order chi connectivity index (χ0) is 14.6. The smallest absolute Gasteiger partial charge is 0.0451 e. The first-order valence-corrected chi connectivity index (χ1v) is 8.02. The van der Waals surface area contributed by atoms with Gasteiger partial charge in [-0.2, -0.15) is 0 Å². The van der Waals surface area contributed by atoms with Crippen molar-refractivity contribution < 1.29 is 0 Å². The lowest BCUT2D eigenvalue weighted by molar-refractivity contribution is 0.170. The van der Waals surface area contributed by atoms with Crippen molar-refractivity contribution in [2.45, 2.75) is 45.7 Å². The zero-order valence-corrected chi connectivity index (χ0v) is 13.7. The van der Waals surface area contributed by atoms with E-state index in [0.29, 0.717) is 0 Å². The van der Waals surface area contributed by atoms with Crippen molar-refractivity contribution in [3.05, 3.63) is 34.9 Å². The summed E-state index contributed by atoms with van der Waals surface area (Å²) >= 11 is 6.24. The van der Waals surface area contributed by atoms with Gasteiger partial charge in [-0.3, -0.25) is 4.90 Å². The van der Waals surface area contributed by atoms with Crippen LogP contribution in [-0.4, -0.2) is 30.1 Å². The van der Waals surface area contributed by atoms with Gasteiger partial charge in [0.25, 0.3) is 0 Å². The normalized spacial score (nSPS) is 18.4. The molecule has 1 aromatic carbocycles. The molecular formula is C17H27ClN2. The summed E-state index contributed by atoms with van der Waals surface area (Å²) in [7, 11) is 0. The summed E-state index contributed by atoms with van der Waals surface area (Å²) in [5, 5.41) is 4.52. The Morgan fingerprint density at radius 1 is 1.20 bits per heavy atom. The van der Waals surface area contributed by atoms with E-state index in [9.17, 15) is 0 Å². The molecule has 20 heavy (non-hydrogen) atoms. The van der Waals surface area contributed by atoms with Crippen molar-refractivity contribution >= 4 is 11.6 Å². The molecular weight excluding hydrogens is 268 g/mol. The van der Waals surface area contributed by atoms with Crippen LogP contribution in [-0.2, 0) is 6.54 Å². The first-order chi connectivity index (χ1) is 9.44. The van der Waals surface area contributed by atoms with Crippen molar-refractivity contribution in [1.29, 1.82) is 0 Å². The molecule has 1 aromatic rings. The minimum Gasteiger partial charge on any atom is -0.312 e. The van der Waals surface area contributed by atoms with Crippen LogP contribution in [0.25, 0.3) is 0 Å². The van der Waals surface area contributed by atoms with Gasteiger partial charge >= 0.3 is 0 Å². The van der Waals surface area contributed by atoms with E-state index < -0.39 is 0 Å². The number of hydrogen-bond acceptors (Lipinski definition) is 2. The Morgan fingerprint density at radius 3 is 2.45 bits per heavy atom. The lowest BCUT2D eigenvalue weighted by atomic mass is 9.95. The Morgan fingerprint density at radius 2 is 1.85 bits per heavy atom. The minimum atomic E-state index is 0.231. The molecule has 0 radical (unpaired) electrons. The van der Waals surface area contributed by atoms with Crippen molar-refractivity contribution in [2.75, 3.05) is 19.6 Å². The third-order valence-electron chi connectivity index (χ3n) is 3.98. The van der Waals surface area contributed by atoms with Crippen molar-refractivity contribution in [3.8, 4) is 0 Å². The first kappa shape index (κ1) is 15.8. The zero-order valence-electron chi connectivity index (χ0n) is 13.0.